The predicted octanol–water partition coefficient (Wildman–Crippen LogP) is -10.9. The summed E-state index contributed by atoms with van der Waals surface area (Å²) < 4.78 is 0. The number of rotatable bonds is 3. The summed E-state index contributed by atoms with van der Waals surface area (Å²) in [5.74, 6) is -5.46. The molecule has 0 spiro atoms. The Morgan fingerprint density at radius 2 is 1.18 bits per heavy atom. The van der Waals surface area contributed by atoms with Crippen LogP contribution in [-0.2, 0) is 5.41 Å². The molecular formula is C13H11Na3O6. The molecule has 0 aliphatic carbocycles. The Labute approximate surface area is 194 Å². The molecule has 0 saturated heterocycles. The molecule has 0 atom stereocenters. The number of aromatic carboxylic acids is 3. The molecule has 22 heavy (non-hydrogen) atoms. The van der Waals surface area contributed by atoms with Crippen LogP contribution in [0.1, 0.15) is 57.4 Å². The van der Waals surface area contributed by atoms with Crippen molar-refractivity contribution in [3.05, 3.63) is 34.4 Å². The van der Waals surface area contributed by atoms with Crippen LogP contribution in [0.25, 0.3) is 0 Å². The maximum Gasteiger partial charge on any atom is 1.00 e. The minimum absolute atomic E-state index is 0. The predicted molar refractivity (Wildman–Crippen MR) is 58.1 cm³/mol. The van der Waals surface area contributed by atoms with Crippen LogP contribution in [0.4, 0.5) is 0 Å². The maximum atomic E-state index is 11.2. The number of hydrogen-bond donors (Lipinski definition) is 0. The summed E-state index contributed by atoms with van der Waals surface area (Å²) in [6, 6.07) is 2.23. The topological polar surface area (TPSA) is 120 Å². The summed E-state index contributed by atoms with van der Waals surface area (Å²) >= 11 is 0. The molecule has 9 heteroatoms. The van der Waals surface area contributed by atoms with Crippen molar-refractivity contribution in [2.75, 3.05) is 0 Å². The van der Waals surface area contributed by atoms with Gasteiger partial charge in [0.2, 0.25) is 0 Å². The van der Waals surface area contributed by atoms with E-state index in [1.807, 2.05) is 0 Å². The van der Waals surface area contributed by atoms with E-state index in [9.17, 15) is 29.7 Å². The van der Waals surface area contributed by atoms with Gasteiger partial charge in [0.25, 0.3) is 0 Å². The Balaban J connectivity index is -0.00000120. The van der Waals surface area contributed by atoms with Crippen molar-refractivity contribution in [1.82, 2.24) is 0 Å². The third-order valence-electron chi connectivity index (χ3n) is 2.64. The molecule has 0 amide bonds. The van der Waals surface area contributed by atoms with Gasteiger partial charge in [-0.2, -0.15) is 0 Å². The van der Waals surface area contributed by atoms with Crippen LogP contribution in [0.5, 0.6) is 0 Å². The normalized spacial score (nSPS) is 9.59. The van der Waals surface area contributed by atoms with Gasteiger partial charge in [-0.1, -0.05) is 32.9 Å². The first kappa shape index (κ1) is 27.5. The molecule has 0 bridgehead atoms. The molecule has 102 valence electrons. The van der Waals surface area contributed by atoms with Crippen LogP contribution in [0.3, 0.4) is 0 Å². The average Bonchev–Trinajstić information content (AvgIpc) is 2.25. The fourth-order valence-corrected chi connectivity index (χ4v) is 1.82. The molecule has 1 aromatic rings. The second-order valence-corrected chi connectivity index (χ2v) is 5.02. The zero-order chi connectivity index (χ0) is 15.0. The zero-order valence-electron chi connectivity index (χ0n) is 13.6. The molecule has 0 N–H and O–H groups in total. The van der Waals surface area contributed by atoms with Gasteiger partial charge in [-0.15, -0.1) is 0 Å². The van der Waals surface area contributed by atoms with Crippen molar-refractivity contribution in [3.8, 4) is 0 Å². The van der Waals surface area contributed by atoms with E-state index in [-0.39, 0.29) is 94.2 Å². The van der Waals surface area contributed by atoms with Gasteiger partial charge in [0.15, 0.2) is 0 Å². The Hall–Kier alpha value is 0.630. The van der Waals surface area contributed by atoms with E-state index < -0.39 is 40.0 Å². The van der Waals surface area contributed by atoms with Crippen LogP contribution in [0.2, 0.25) is 0 Å². The molecule has 0 radical (unpaired) electrons. The van der Waals surface area contributed by atoms with Crippen LogP contribution in [0.15, 0.2) is 12.1 Å². The summed E-state index contributed by atoms with van der Waals surface area (Å²) in [4.78, 5) is 33.0. The van der Waals surface area contributed by atoms with Gasteiger partial charge in [-0.3, -0.25) is 0 Å². The summed E-state index contributed by atoms with van der Waals surface area (Å²) in [7, 11) is 0. The van der Waals surface area contributed by atoms with Crippen molar-refractivity contribution >= 4 is 17.9 Å². The summed E-state index contributed by atoms with van der Waals surface area (Å²) in [5, 5.41) is 33.0. The van der Waals surface area contributed by atoms with Crippen molar-refractivity contribution in [2.24, 2.45) is 0 Å². The fourth-order valence-electron chi connectivity index (χ4n) is 1.82. The monoisotopic (exact) mass is 332 g/mol. The van der Waals surface area contributed by atoms with Crippen molar-refractivity contribution in [3.63, 3.8) is 0 Å². The molecule has 0 aromatic heterocycles. The van der Waals surface area contributed by atoms with Gasteiger partial charge in [-0.05, 0) is 11.0 Å². The van der Waals surface area contributed by atoms with Crippen molar-refractivity contribution in [1.29, 1.82) is 0 Å². The Kier molecular flexibility index (Phi) is 13.1. The van der Waals surface area contributed by atoms with Crippen LogP contribution in [-0.4, -0.2) is 17.9 Å². The number of carboxylic acid groups (broad SMARTS) is 3. The number of carbonyl (C=O) groups excluding carboxylic acids is 3. The van der Waals surface area contributed by atoms with Crippen LogP contribution < -0.4 is 104 Å². The third kappa shape index (κ3) is 6.26. The van der Waals surface area contributed by atoms with Crippen molar-refractivity contribution in [2.45, 2.75) is 26.2 Å². The number of hydrogen-bond acceptors (Lipinski definition) is 6. The first-order chi connectivity index (χ1) is 8.57. The number of carbonyl (C=O) groups is 3. The van der Waals surface area contributed by atoms with Gasteiger partial charge in [0.1, 0.15) is 0 Å². The second-order valence-electron chi connectivity index (χ2n) is 5.02. The van der Waals surface area contributed by atoms with E-state index in [1.54, 1.807) is 20.8 Å². The summed E-state index contributed by atoms with van der Waals surface area (Å²) in [6.45, 7) is 4.98. The molecule has 6 nitrogen and oxygen atoms in total. The molecule has 1 aromatic carbocycles. The number of benzene rings is 1. The van der Waals surface area contributed by atoms with Gasteiger partial charge >= 0.3 is 88.7 Å². The summed E-state index contributed by atoms with van der Waals surface area (Å²) in [6.07, 6.45) is 0. The molecule has 0 fully saturated rings. The SMILES string of the molecule is CC(C)(C)c1ccc(C(=O)[O-])c(C(=O)[O-])c1C(=O)[O-].[Na+].[Na+].[Na+]. The largest absolute Gasteiger partial charge is 1.00 e. The molecule has 1 rings (SSSR count). The minimum atomic E-state index is -1.90. The standard InChI is InChI=1S/C13H14O6.3Na/c1-13(2,3)7-5-4-6(10(14)15)8(11(16)17)9(7)12(18)19;;;/h4-5H,1-3H3,(H,14,15)(H,16,17)(H,18,19);;;/q;3*+1/p-3. The van der Waals surface area contributed by atoms with Gasteiger partial charge < -0.3 is 29.7 Å². The van der Waals surface area contributed by atoms with Crippen molar-refractivity contribution < 1.29 is 118 Å². The molecule has 0 unspecified atom stereocenters. The van der Waals surface area contributed by atoms with E-state index in [0.29, 0.717) is 0 Å². The Morgan fingerprint density at radius 3 is 1.45 bits per heavy atom. The Bertz CT molecular complexity index is 578. The molecule has 0 aliphatic rings. The number of carboxylic acids is 3. The molecule has 0 heterocycles. The fraction of sp³-hybridized carbons (Fsp3) is 0.308. The molecule has 0 aliphatic heterocycles. The first-order valence-electron chi connectivity index (χ1n) is 5.39. The smallest absolute Gasteiger partial charge is 0.545 e. The third-order valence-corrected chi connectivity index (χ3v) is 2.64. The second kappa shape index (κ2) is 10.5. The van der Waals surface area contributed by atoms with Crippen LogP contribution >= 0.6 is 0 Å². The zero-order valence-corrected chi connectivity index (χ0v) is 19.6. The maximum absolute atomic E-state index is 11.2. The molecular weight excluding hydrogens is 321 g/mol. The average molecular weight is 332 g/mol. The minimum Gasteiger partial charge on any atom is -0.545 e. The van der Waals surface area contributed by atoms with E-state index >= 15 is 0 Å². The van der Waals surface area contributed by atoms with Gasteiger partial charge in [0.05, 0.1) is 17.9 Å². The first-order valence-corrected chi connectivity index (χ1v) is 5.39. The molecule has 0 saturated carbocycles. The van der Waals surface area contributed by atoms with Crippen LogP contribution in [0, 0.1) is 0 Å². The Morgan fingerprint density at radius 1 is 0.773 bits per heavy atom. The van der Waals surface area contributed by atoms with E-state index in [0.717, 1.165) is 6.07 Å². The summed E-state index contributed by atoms with van der Waals surface area (Å²) in [5.41, 5.74) is -2.91. The van der Waals surface area contributed by atoms with E-state index in [4.69, 9.17) is 0 Å². The quantitative estimate of drug-likeness (QED) is 0.507. The van der Waals surface area contributed by atoms with Gasteiger partial charge in [-0.25, -0.2) is 0 Å². The van der Waals surface area contributed by atoms with E-state index in [1.165, 1.54) is 6.07 Å². The van der Waals surface area contributed by atoms with Gasteiger partial charge in [0, 0.05) is 16.7 Å². The van der Waals surface area contributed by atoms with E-state index in [2.05, 4.69) is 0 Å².